The molecule has 2 fully saturated rings. The average Bonchev–Trinajstić information content (AvgIpc) is 2.82. The van der Waals surface area contributed by atoms with Gasteiger partial charge in [-0.15, -0.1) is 0 Å². The molecule has 0 amide bonds. The van der Waals surface area contributed by atoms with Crippen LogP contribution in [-0.2, 0) is 10.0 Å². The number of hydrogen-bond donors (Lipinski definition) is 0. The minimum atomic E-state index is -3.27. The van der Waals surface area contributed by atoms with Gasteiger partial charge in [0, 0.05) is 13.1 Å². The lowest BCUT2D eigenvalue weighted by Crippen LogP contribution is -2.44. The van der Waals surface area contributed by atoms with Gasteiger partial charge in [0.1, 0.15) is 0 Å². The summed E-state index contributed by atoms with van der Waals surface area (Å²) in [6, 6.07) is 2.48. The fourth-order valence-corrected chi connectivity index (χ4v) is 5.63. The monoisotopic (exact) mass is 312 g/mol. The van der Waals surface area contributed by atoms with Crippen LogP contribution in [0, 0.1) is 28.1 Å². The highest BCUT2D eigenvalue weighted by Crippen LogP contribution is 2.65. The summed E-state index contributed by atoms with van der Waals surface area (Å²) in [6.45, 7) is 11.2. The van der Waals surface area contributed by atoms with Crippen LogP contribution in [0.25, 0.3) is 0 Å². The van der Waals surface area contributed by atoms with E-state index in [4.69, 9.17) is 0 Å². The lowest BCUT2D eigenvalue weighted by molar-refractivity contribution is 0.247. The van der Waals surface area contributed by atoms with Gasteiger partial charge in [-0.1, -0.05) is 20.8 Å². The molecule has 1 heterocycles. The Hall–Kier alpha value is -0.600. The van der Waals surface area contributed by atoms with Crippen LogP contribution in [0.2, 0.25) is 0 Å². The first-order valence-corrected chi connectivity index (χ1v) is 9.33. The molecule has 5 heteroatoms. The first kappa shape index (κ1) is 16.8. The van der Waals surface area contributed by atoms with E-state index in [-0.39, 0.29) is 16.7 Å². The highest BCUT2D eigenvalue weighted by atomic mass is 32.2. The standard InChI is InChI=1S/C16H28N2O2S/c1-14(2,3)16(12-17)11-13(16)10-15(4,5)21(19,20)18-8-6-7-9-18/h13H,6-11H2,1-5H3. The predicted molar refractivity (Wildman–Crippen MR) is 84.0 cm³/mol. The molecule has 1 aliphatic carbocycles. The number of nitriles is 1. The van der Waals surface area contributed by atoms with Crippen LogP contribution >= 0.6 is 0 Å². The van der Waals surface area contributed by atoms with E-state index in [1.54, 1.807) is 4.31 Å². The maximum Gasteiger partial charge on any atom is 0.219 e. The molecule has 0 bridgehead atoms. The van der Waals surface area contributed by atoms with Crippen LogP contribution in [0.1, 0.15) is 60.3 Å². The van der Waals surface area contributed by atoms with Gasteiger partial charge in [-0.3, -0.25) is 0 Å². The smallest absolute Gasteiger partial charge is 0.212 e. The van der Waals surface area contributed by atoms with Gasteiger partial charge in [0.2, 0.25) is 10.0 Å². The summed E-state index contributed by atoms with van der Waals surface area (Å²) in [5.74, 6) is 0.190. The molecule has 0 aromatic heterocycles. The molecule has 0 N–H and O–H groups in total. The third kappa shape index (κ3) is 2.61. The van der Waals surface area contributed by atoms with Gasteiger partial charge in [-0.05, 0) is 50.9 Å². The maximum atomic E-state index is 12.8. The van der Waals surface area contributed by atoms with E-state index < -0.39 is 14.8 Å². The third-order valence-corrected chi connectivity index (χ3v) is 8.09. The van der Waals surface area contributed by atoms with E-state index in [9.17, 15) is 13.7 Å². The molecule has 1 aliphatic heterocycles. The van der Waals surface area contributed by atoms with E-state index in [0.717, 1.165) is 19.3 Å². The van der Waals surface area contributed by atoms with E-state index in [2.05, 4.69) is 26.8 Å². The summed E-state index contributed by atoms with van der Waals surface area (Å²) in [7, 11) is -3.27. The van der Waals surface area contributed by atoms with Crippen molar-refractivity contribution in [2.75, 3.05) is 13.1 Å². The number of nitrogens with zero attached hydrogens (tertiary/aromatic N) is 2. The topological polar surface area (TPSA) is 61.2 Å². The molecule has 0 aromatic carbocycles. The molecular weight excluding hydrogens is 284 g/mol. The molecule has 2 aliphatic rings. The van der Waals surface area contributed by atoms with E-state index in [1.165, 1.54) is 0 Å². The molecule has 1 saturated heterocycles. The van der Waals surface area contributed by atoms with E-state index >= 15 is 0 Å². The van der Waals surface area contributed by atoms with Crippen molar-refractivity contribution in [1.29, 1.82) is 5.26 Å². The number of hydrogen-bond acceptors (Lipinski definition) is 3. The van der Waals surface area contributed by atoms with Crippen molar-refractivity contribution in [3.63, 3.8) is 0 Å². The van der Waals surface area contributed by atoms with Gasteiger partial charge >= 0.3 is 0 Å². The zero-order valence-electron chi connectivity index (χ0n) is 13.9. The Balaban J connectivity index is 2.15. The molecule has 21 heavy (non-hydrogen) atoms. The van der Waals surface area contributed by atoms with Crippen LogP contribution in [0.5, 0.6) is 0 Å². The molecule has 2 rings (SSSR count). The Bertz CT molecular complexity index is 548. The molecule has 4 nitrogen and oxygen atoms in total. The summed E-state index contributed by atoms with van der Waals surface area (Å²) in [6.07, 6.45) is 3.33. The van der Waals surface area contributed by atoms with Crippen molar-refractivity contribution >= 4 is 10.0 Å². The molecule has 1 saturated carbocycles. The lowest BCUT2D eigenvalue weighted by atomic mass is 9.76. The van der Waals surface area contributed by atoms with Crippen molar-refractivity contribution < 1.29 is 8.42 Å². The van der Waals surface area contributed by atoms with Crippen molar-refractivity contribution in [2.24, 2.45) is 16.7 Å². The summed E-state index contributed by atoms with van der Waals surface area (Å²) >= 11 is 0. The number of sulfonamides is 1. The maximum absolute atomic E-state index is 12.8. The number of rotatable bonds is 4. The van der Waals surface area contributed by atoms with Gasteiger partial charge in [-0.2, -0.15) is 5.26 Å². The van der Waals surface area contributed by atoms with Crippen LogP contribution in [0.3, 0.4) is 0 Å². The minimum absolute atomic E-state index is 0.0973. The first-order chi connectivity index (χ1) is 9.48. The highest BCUT2D eigenvalue weighted by Gasteiger charge is 2.63. The van der Waals surface area contributed by atoms with E-state index in [0.29, 0.717) is 19.5 Å². The molecule has 120 valence electrons. The zero-order chi connectivity index (χ0) is 16.1. The molecule has 0 spiro atoms. The van der Waals surface area contributed by atoms with E-state index in [1.807, 2.05) is 13.8 Å². The zero-order valence-corrected chi connectivity index (χ0v) is 14.8. The van der Waals surface area contributed by atoms with Crippen LogP contribution in [0.15, 0.2) is 0 Å². The van der Waals surface area contributed by atoms with Gasteiger partial charge in [0.15, 0.2) is 0 Å². The lowest BCUT2D eigenvalue weighted by Gasteiger charge is -2.32. The summed E-state index contributed by atoms with van der Waals surface area (Å²) < 4.78 is 26.5. The van der Waals surface area contributed by atoms with Crippen LogP contribution < -0.4 is 0 Å². The first-order valence-electron chi connectivity index (χ1n) is 7.89. The molecule has 2 unspecified atom stereocenters. The van der Waals surface area contributed by atoms with Crippen molar-refractivity contribution in [2.45, 2.75) is 65.0 Å². The Morgan fingerprint density at radius 3 is 2.10 bits per heavy atom. The molecule has 2 atom stereocenters. The molecule has 0 aromatic rings. The third-order valence-electron chi connectivity index (χ3n) is 5.48. The Labute approximate surface area is 129 Å². The summed E-state index contributed by atoms with van der Waals surface area (Å²) in [4.78, 5) is 0. The molecule has 0 radical (unpaired) electrons. The van der Waals surface area contributed by atoms with Gasteiger partial charge in [-0.25, -0.2) is 12.7 Å². The SMILES string of the molecule is CC(C)(C)C1(C#N)CC1CC(C)(C)S(=O)(=O)N1CCCC1. The average molecular weight is 312 g/mol. The van der Waals surface area contributed by atoms with Crippen LogP contribution in [0.4, 0.5) is 0 Å². The largest absolute Gasteiger partial charge is 0.219 e. The van der Waals surface area contributed by atoms with Crippen LogP contribution in [-0.4, -0.2) is 30.6 Å². The highest BCUT2D eigenvalue weighted by molar-refractivity contribution is 7.90. The van der Waals surface area contributed by atoms with Gasteiger partial charge in [0.05, 0.1) is 16.2 Å². The summed E-state index contributed by atoms with van der Waals surface area (Å²) in [5.41, 5.74) is -0.454. The van der Waals surface area contributed by atoms with Crippen molar-refractivity contribution in [3.05, 3.63) is 0 Å². The Morgan fingerprint density at radius 2 is 1.71 bits per heavy atom. The predicted octanol–water partition coefficient (Wildman–Crippen LogP) is 3.16. The van der Waals surface area contributed by atoms with Gasteiger partial charge < -0.3 is 0 Å². The second-order valence-corrected chi connectivity index (χ2v) is 10.9. The molecular formula is C16H28N2O2S. The normalized spacial score (nSPS) is 31.1. The quantitative estimate of drug-likeness (QED) is 0.801. The second kappa shape index (κ2) is 4.96. The second-order valence-electron chi connectivity index (χ2n) is 8.31. The Morgan fingerprint density at radius 1 is 1.19 bits per heavy atom. The van der Waals surface area contributed by atoms with Crippen molar-refractivity contribution in [3.8, 4) is 6.07 Å². The summed E-state index contributed by atoms with van der Waals surface area (Å²) in [5, 5.41) is 9.56. The van der Waals surface area contributed by atoms with Gasteiger partial charge in [0.25, 0.3) is 0 Å². The van der Waals surface area contributed by atoms with Crippen molar-refractivity contribution in [1.82, 2.24) is 4.31 Å². The fourth-order valence-electron chi connectivity index (χ4n) is 3.78. The minimum Gasteiger partial charge on any atom is -0.212 e. The fraction of sp³-hybridized carbons (Fsp3) is 0.938. The Kier molecular flexibility index (Phi) is 3.96.